The van der Waals surface area contributed by atoms with E-state index < -0.39 is 13.3 Å². The van der Waals surface area contributed by atoms with Crippen LogP contribution in [-0.4, -0.2) is 34.5 Å². The van der Waals surface area contributed by atoms with Gasteiger partial charge in [0.25, 0.3) is 0 Å². The summed E-state index contributed by atoms with van der Waals surface area (Å²) in [5.74, 6) is -0.734. The summed E-state index contributed by atoms with van der Waals surface area (Å²) in [5, 5.41) is 0. The van der Waals surface area contributed by atoms with E-state index in [1.807, 2.05) is 42.5 Å². The fourth-order valence-corrected chi connectivity index (χ4v) is 9.03. The molecule has 0 saturated carbocycles. The van der Waals surface area contributed by atoms with Crippen molar-refractivity contribution in [1.29, 1.82) is 0 Å². The number of hydrogen-bond donors (Lipinski definition) is 0. The Balaban J connectivity index is 1.14. The average Bonchev–Trinajstić information content (AvgIpc) is 3.34. The van der Waals surface area contributed by atoms with Gasteiger partial charge in [-0.3, -0.25) is 0 Å². The zero-order chi connectivity index (χ0) is 26.8. The molecule has 0 aliphatic carbocycles. The number of hydrogen-bond acceptors (Lipinski definition) is 5. The van der Waals surface area contributed by atoms with Crippen LogP contribution in [-0.2, 0) is 13.6 Å². The van der Waals surface area contributed by atoms with Crippen LogP contribution in [0.15, 0.2) is 91.0 Å². The van der Waals surface area contributed by atoms with E-state index >= 15 is 0 Å². The number of unbranched alkanes of at least 4 members (excludes halogenated alkanes) is 3. The molecule has 2 bridgehead atoms. The topological polar surface area (TPSA) is 54.7 Å². The van der Waals surface area contributed by atoms with E-state index in [0.717, 1.165) is 72.6 Å². The Morgan fingerprint density at radius 3 is 1.90 bits per heavy atom. The van der Waals surface area contributed by atoms with Crippen molar-refractivity contribution in [3.63, 3.8) is 0 Å². The summed E-state index contributed by atoms with van der Waals surface area (Å²) in [4.78, 5) is 5.05. The summed E-state index contributed by atoms with van der Waals surface area (Å²) >= 11 is 0. The first-order valence-corrected chi connectivity index (χ1v) is 16.5. The van der Waals surface area contributed by atoms with Crippen LogP contribution in [0.5, 0.6) is 6.01 Å². The number of aromatic nitrogens is 2. The van der Waals surface area contributed by atoms with Crippen molar-refractivity contribution in [3.05, 3.63) is 91.0 Å². The van der Waals surface area contributed by atoms with Crippen molar-refractivity contribution in [1.82, 2.24) is 9.55 Å². The molecule has 3 aliphatic heterocycles. The van der Waals surface area contributed by atoms with Gasteiger partial charge in [0, 0.05) is 11.1 Å². The molecule has 0 radical (unpaired) electrons. The third-order valence-electron chi connectivity index (χ3n) is 7.81. The fraction of sp³-hybridized carbons (Fsp3) is 0.344. The summed E-state index contributed by atoms with van der Waals surface area (Å²) in [6.45, 7) is 4.79. The first-order chi connectivity index (χ1) is 19.1. The summed E-state index contributed by atoms with van der Waals surface area (Å²) in [6.07, 6.45) is 6.58. The van der Waals surface area contributed by atoms with Crippen LogP contribution in [0.1, 0.15) is 46.0 Å². The minimum atomic E-state index is -2.62. The molecule has 3 fully saturated rings. The van der Waals surface area contributed by atoms with Crippen LogP contribution in [0, 0.1) is 0 Å². The Labute approximate surface area is 231 Å². The van der Waals surface area contributed by atoms with Gasteiger partial charge >= 0.3 is 129 Å². The Kier molecular flexibility index (Phi) is 7.07. The Morgan fingerprint density at radius 2 is 1.28 bits per heavy atom. The molecule has 39 heavy (non-hydrogen) atoms. The zero-order valence-corrected chi connectivity index (χ0v) is 23.7. The van der Waals surface area contributed by atoms with Crippen LogP contribution in [0.2, 0.25) is 0 Å². The van der Waals surface area contributed by atoms with Gasteiger partial charge < -0.3 is 0 Å². The van der Waals surface area contributed by atoms with Crippen molar-refractivity contribution < 1.29 is 18.3 Å². The molecule has 0 N–H and O–H groups in total. The molecule has 4 aromatic rings. The third kappa shape index (κ3) is 4.81. The Bertz CT molecular complexity index is 1380. The van der Waals surface area contributed by atoms with Crippen LogP contribution in [0.4, 0.5) is 0 Å². The molecule has 204 valence electrons. The number of benzene rings is 3. The van der Waals surface area contributed by atoms with Gasteiger partial charge in [0.15, 0.2) is 0 Å². The van der Waals surface area contributed by atoms with E-state index in [9.17, 15) is 0 Å². The molecule has 0 unspecified atom stereocenters. The molecular weight excluding hydrogens is 507 g/mol. The second-order valence-electron chi connectivity index (χ2n) is 10.3. The minimum absolute atomic E-state index is 0.600. The van der Waals surface area contributed by atoms with E-state index in [2.05, 4.69) is 66.9 Å². The first-order valence-electron chi connectivity index (χ1n) is 14.2. The van der Waals surface area contributed by atoms with Gasteiger partial charge in [0.05, 0.1) is 0 Å². The third-order valence-corrected chi connectivity index (χ3v) is 12.3. The first kappa shape index (κ1) is 26.2. The predicted molar refractivity (Wildman–Crippen MR) is 157 cm³/mol. The van der Waals surface area contributed by atoms with E-state index in [1.165, 1.54) is 0 Å². The molecule has 0 amide bonds. The Morgan fingerprint density at radius 1 is 0.718 bits per heavy atom. The van der Waals surface area contributed by atoms with Crippen LogP contribution >= 0.6 is 7.28 Å². The van der Waals surface area contributed by atoms with Gasteiger partial charge in [0.1, 0.15) is 0 Å². The van der Waals surface area contributed by atoms with Gasteiger partial charge in [-0.2, -0.15) is 0 Å². The standard InChI is InChI=1S/C32H37N2O4P/c1-3-39(4-2)36-32(37-39,38-39)24-16-5-6-17-25-35-31-33-29(26-18-10-7-11-19-26)30(27-20-12-8-13-21-27)34(31)28-22-14-9-15-23-28/h7-15,18-23H,3-6,16-17,24-25H2,1-2H3. The van der Waals surface area contributed by atoms with E-state index in [-0.39, 0.29) is 0 Å². The number of nitrogens with zero attached hydrogens (tertiary/aromatic N) is 2. The number of ether oxygens (including phenoxy) is 1. The molecular formula is C32H37N2O4P. The molecule has 0 spiro atoms. The molecule has 0 atom stereocenters. The van der Waals surface area contributed by atoms with Gasteiger partial charge in [-0.05, 0) is 12.1 Å². The number of para-hydroxylation sites is 1. The van der Waals surface area contributed by atoms with E-state index in [1.54, 1.807) is 0 Å². The summed E-state index contributed by atoms with van der Waals surface area (Å²) in [7, 11) is -2.62. The number of imidazole rings is 1. The maximum atomic E-state index is 6.38. The normalized spacial score (nSPS) is 21.2. The second kappa shape index (κ2) is 10.5. The maximum absolute atomic E-state index is 6.38. The fourth-order valence-electron chi connectivity index (χ4n) is 5.63. The van der Waals surface area contributed by atoms with E-state index in [0.29, 0.717) is 12.6 Å². The van der Waals surface area contributed by atoms with Crippen molar-refractivity contribution in [2.75, 3.05) is 18.9 Å². The Hall–Kier alpha value is -3.02. The summed E-state index contributed by atoms with van der Waals surface area (Å²) < 4.78 is 27.0. The van der Waals surface area contributed by atoms with Gasteiger partial charge in [-0.25, -0.2) is 0 Å². The zero-order valence-electron chi connectivity index (χ0n) is 22.8. The van der Waals surface area contributed by atoms with Crippen molar-refractivity contribution >= 4 is 7.28 Å². The summed E-state index contributed by atoms with van der Waals surface area (Å²) in [5.41, 5.74) is 5.13. The molecule has 6 nitrogen and oxygen atoms in total. The van der Waals surface area contributed by atoms with Crippen molar-refractivity contribution in [2.45, 2.75) is 51.9 Å². The molecule has 4 heterocycles. The predicted octanol–water partition coefficient (Wildman–Crippen LogP) is 8.60. The molecule has 7 heteroatoms. The second-order valence-corrected chi connectivity index (χ2v) is 14.6. The summed E-state index contributed by atoms with van der Waals surface area (Å²) in [6, 6.07) is 31.7. The van der Waals surface area contributed by atoms with Gasteiger partial charge in [0.2, 0.25) is 0 Å². The molecule has 3 saturated heterocycles. The quantitative estimate of drug-likeness (QED) is 0.125. The van der Waals surface area contributed by atoms with Gasteiger partial charge in [-0.15, -0.1) is 0 Å². The SMILES string of the molecule is CCP12(CC)OC(CCCCCCOc3nc(-c4ccccc4)c(-c4ccccc4)n3-c3ccccc3)(O1)O2. The molecule has 7 rings (SSSR count). The average molecular weight is 545 g/mol. The molecule has 1 aromatic heterocycles. The van der Waals surface area contributed by atoms with Crippen LogP contribution in [0.25, 0.3) is 28.2 Å². The van der Waals surface area contributed by atoms with Crippen molar-refractivity contribution in [3.8, 4) is 34.2 Å². The van der Waals surface area contributed by atoms with Gasteiger partial charge in [-0.1, -0.05) is 78.9 Å². The van der Waals surface area contributed by atoms with E-state index in [4.69, 9.17) is 23.3 Å². The number of rotatable bonds is 13. The molecule has 3 aliphatic rings. The van der Waals surface area contributed by atoms with Crippen LogP contribution in [0.3, 0.4) is 0 Å². The van der Waals surface area contributed by atoms with Crippen molar-refractivity contribution in [2.24, 2.45) is 0 Å². The monoisotopic (exact) mass is 544 g/mol. The molecule has 3 aromatic carbocycles. The van der Waals surface area contributed by atoms with Crippen LogP contribution < -0.4 is 4.74 Å².